The van der Waals surface area contributed by atoms with Gasteiger partial charge in [-0.3, -0.25) is 0 Å². The molecule has 0 aliphatic heterocycles. The van der Waals surface area contributed by atoms with Gasteiger partial charge in [-0.05, 0) is 55.0 Å². The minimum Gasteiger partial charge on any atom is -0.326 e. The van der Waals surface area contributed by atoms with Gasteiger partial charge < -0.3 is 5.73 Å². The highest BCUT2D eigenvalue weighted by Crippen LogP contribution is 2.36. The monoisotopic (exact) mass is 289 g/mol. The fourth-order valence-corrected chi connectivity index (χ4v) is 3.86. The molecule has 2 aromatic rings. The van der Waals surface area contributed by atoms with Gasteiger partial charge in [-0.25, -0.2) is 0 Å². The second kappa shape index (κ2) is 6.51. The van der Waals surface area contributed by atoms with Crippen LogP contribution in [0.15, 0.2) is 51.1 Å². The van der Waals surface area contributed by atoms with Gasteiger partial charge in [0.1, 0.15) is 0 Å². The highest BCUT2D eigenvalue weighted by atomic mass is 32.2. The number of aryl methyl sites for hydroxylation is 2. The number of rotatable bonds is 4. The van der Waals surface area contributed by atoms with Gasteiger partial charge >= 0.3 is 0 Å². The molecule has 100 valence electrons. The van der Waals surface area contributed by atoms with E-state index in [9.17, 15) is 0 Å². The molecule has 0 amide bonds. The van der Waals surface area contributed by atoms with E-state index < -0.39 is 0 Å². The summed E-state index contributed by atoms with van der Waals surface area (Å²) in [5.74, 6) is 0. The summed E-state index contributed by atoms with van der Waals surface area (Å²) < 4.78 is 0. The van der Waals surface area contributed by atoms with Crippen molar-refractivity contribution in [2.45, 2.75) is 35.1 Å². The van der Waals surface area contributed by atoms with Gasteiger partial charge in [0.05, 0.1) is 0 Å². The van der Waals surface area contributed by atoms with Crippen LogP contribution in [-0.2, 0) is 6.54 Å². The molecular weight excluding hydrogens is 270 g/mol. The van der Waals surface area contributed by atoms with Crippen molar-refractivity contribution in [1.29, 1.82) is 0 Å². The quantitative estimate of drug-likeness (QED) is 0.831. The zero-order valence-electron chi connectivity index (χ0n) is 11.6. The molecule has 0 radical (unpaired) electrons. The first kappa shape index (κ1) is 14.5. The predicted octanol–water partition coefficient (Wildman–Crippen LogP) is 4.64. The number of hydrogen-bond donors (Lipinski definition) is 1. The van der Waals surface area contributed by atoms with E-state index in [1.54, 1.807) is 11.8 Å². The predicted molar refractivity (Wildman–Crippen MR) is 86.2 cm³/mol. The third-order valence-corrected chi connectivity index (χ3v) is 5.16. The molecule has 0 aliphatic rings. The lowest BCUT2D eigenvalue weighted by molar-refractivity contribution is 0.980. The summed E-state index contributed by atoms with van der Waals surface area (Å²) in [7, 11) is 0. The largest absolute Gasteiger partial charge is 0.326 e. The Bertz CT molecular complexity index is 579. The zero-order chi connectivity index (χ0) is 13.8. The fraction of sp³-hybridized carbons (Fsp3) is 0.250. The summed E-state index contributed by atoms with van der Waals surface area (Å²) in [5.41, 5.74) is 9.78. The summed E-state index contributed by atoms with van der Waals surface area (Å²) in [6.45, 7) is 4.87. The SMILES string of the molecule is CSc1cccc(Sc2cc(C)ccc2C)c1CN. The third-order valence-electron chi connectivity index (χ3n) is 3.08. The Labute approximate surface area is 124 Å². The molecule has 0 saturated heterocycles. The first-order valence-corrected chi connectivity index (χ1v) is 8.31. The molecule has 19 heavy (non-hydrogen) atoms. The summed E-state index contributed by atoms with van der Waals surface area (Å²) in [6, 6.07) is 13.0. The maximum atomic E-state index is 5.92. The molecular formula is C16H19NS2. The van der Waals surface area contributed by atoms with Gasteiger partial charge in [0.25, 0.3) is 0 Å². The van der Waals surface area contributed by atoms with Gasteiger partial charge in [0.15, 0.2) is 0 Å². The standard InChI is InChI=1S/C16H19NS2/c1-11-7-8-12(2)16(9-11)19-15-6-4-5-14(18-3)13(15)10-17/h4-9H,10,17H2,1-3H3. The summed E-state index contributed by atoms with van der Waals surface area (Å²) >= 11 is 3.57. The van der Waals surface area contributed by atoms with Gasteiger partial charge in [-0.1, -0.05) is 30.0 Å². The van der Waals surface area contributed by atoms with E-state index in [-0.39, 0.29) is 0 Å². The molecule has 2 rings (SSSR count). The zero-order valence-corrected chi connectivity index (χ0v) is 13.2. The van der Waals surface area contributed by atoms with E-state index in [2.05, 4.69) is 56.5 Å². The Morgan fingerprint density at radius 3 is 2.42 bits per heavy atom. The third kappa shape index (κ3) is 3.35. The maximum Gasteiger partial charge on any atom is 0.0200 e. The van der Waals surface area contributed by atoms with E-state index in [1.165, 1.54) is 31.4 Å². The molecule has 0 spiro atoms. The molecule has 3 heteroatoms. The van der Waals surface area contributed by atoms with Crippen LogP contribution in [0.4, 0.5) is 0 Å². The Balaban J connectivity index is 2.40. The van der Waals surface area contributed by atoms with Crippen LogP contribution >= 0.6 is 23.5 Å². The van der Waals surface area contributed by atoms with Gasteiger partial charge in [-0.2, -0.15) is 0 Å². The van der Waals surface area contributed by atoms with Crippen LogP contribution in [0.3, 0.4) is 0 Å². The van der Waals surface area contributed by atoms with Gasteiger partial charge in [-0.15, -0.1) is 11.8 Å². The van der Waals surface area contributed by atoms with Crippen LogP contribution in [0.25, 0.3) is 0 Å². The highest BCUT2D eigenvalue weighted by molar-refractivity contribution is 8.00. The molecule has 1 nitrogen and oxygen atoms in total. The number of benzene rings is 2. The van der Waals surface area contributed by atoms with Crippen LogP contribution in [0, 0.1) is 13.8 Å². The lowest BCUT2D eigenvalue weighted by Gasteiger charge is -2.13. The Morgan fingerprint density at radius 2 is 1.74 bits per heavy atom. The Morgan fingerprint density at radius 1 is 1.00 bits per heavy atom. The number of nitrogens with two attached hydrogens (primary N) is 1. The van der Waals surface area contributed by atoms with Gasteiger partial charge in [0, 0.05) is 21.2 Å². The van der Waals surface area contributed by atoms with Crippen molar-refractivity contribution < 1.29 is 0 Å². The summed E-state index contributed by atoms with van der Waals surface area (Å²) in [6.07, 6.45) is 2.10. The Kier molecular flexibility index (Phi) is 4.97. The number of hydrogen-bond acceptors (Lipinski definition) is 3. The molecule has 0 atom stereocenters. The van der Waals surface area contributed by atoms with E-state index in [0.29, 0.717) is 6.54 Å². The van der Waals surface area contributed by atoms with Gasteiger partial charge in [0.2, 0.25) is 0 Å². The molecule has 0 heterocycles. The van der Waals surface area contributed by atoms with Crippen LogP contribution in [0.2, 0.25) is 0 Å². The smallest absolute Gasteiger partial charge is 0.0200 e. The second-order valence-corrected chi connectivity index (χ2v) is 6.44. The summed E-state index contributed by atoms with van der Waals surface area (Å²) in [4.78, 5) is 3.86. The lowest BCUT2D eigenvalue weighted by Crippen LogP contribution is -2.00. The highest BCUT2D eigenvalue weighted by Gasteiger charge is 2.09. The van der Waals surface area contributed by atoms with Crippen molar-refractivity contribution >= 4 is 23.5 Å². The average Bonchev–Trinajstić information content (AvgIpc) is 2.42. The first-order valence-electron chi connectivity index (χ1n) is 6.26. The van der Waals surface area contributed by atoms with E-state index >= 15 is 0 Å². The molecule has 0 fully saturated rings. The molecule has 2 N–H and O–H groups in total. The topological polar surface area (TPSA) is 26.0 Å². The molecule has 0 unspecified atom stereocenters. The molecule has 0 aliphatic carbocycles. The minimum atomic E-state index is 0.588. The first-order chi connectivity index (χ1) is 9.15. The second-order valence-electron chi connectivity index (χ2n) is 4.51. The van der Waals surface area contributed by atoms with Crippen molar-refractivity contribution in [2.75, 3.05) is 6.26 Å². The number of thioether (sulfide) groups is 1. The molecule has 0 saturated carbocycles. The average molecular weight is 289 g/mol. The van der Waals surface area contributed by atoms with Crippen molar-refractivity contribution in [2.24, 2.45) is 5.73 Å². The fourth-order valence-electron chi connectivity index (χ4n) is 1.97. The van der Waals surface area contributed by atoms with Crippen molar-refractivity contribution in [3.05, 3.63) is 53.1 Å². The molecule has 2 aromatic carbocycles. The lowest BCUT2D eigenvalue weighted by atomic mass is 10.2. The van der Waals surface area contributed by atoms with Crippen molar-refractivity contribution in [3.63, 3.8) is 0 Å². The Hall–Kier alpha value is -0.900. The maximum absolute atomic E-state index is 5.92. The van der Waals surface area contributed by atoms with Crippen molar-refractivity contribution in [3.8, 4) is 0 Å². The van der Waals surface area contributed by atoms with Crippen LogP contribution < -0.4 is 5.73 Å². The molecule has 0 bridgehead atoms. The van der Waals surface area contributed by atoms with Crippen LogP contribution in [0.5, 0.6) is 0 Å². The normalized spacial score (nSPS) is 10.7. The van der Waals surface area contributed by atoms with Crippen molar-refractivity contribution in [1.82, 2.24) is 0 Å². The summed E-state index contributed by atoms with van der Waals surface area (Å²) in [5, 5.41) is 0. The van der Waals surface area contributed by atoms with E-state index in [1.807, 2.05) is 11.8 Å². The minimum absolute atomic E-state index is 0.588. The van der Waals surface area contributed by atoms with E-state index in [0.717, 1.165) is 0 Å². The molecule has 0 aromatic heterocycles. The van der Waals surface area contributed by atoms with E-state index in [4.69, 9.17) is 5.73 Å². The van der Waals surface area contributed by atoms with Crippen LogP contribution in [-0.4, -0.2) is 6.26 Å². The van der Waals surface area contributed by atoms with Crippen LogP contribution in [0.1, 0.15) is 16.7 Å².